The van der Waals surface area contributed by atoms with E-state index in [1.165, 1.54) is 75.3 Å². The van der Waals surface area contributed by atoms with Crippen molar-refractivity contribution < 1.29 is 4.79 Å². The Balaban J connectivity index is 1.46. The molecule has 1 aromatic heterocycles. The quantitative estimate of drug-likeness (QED) is 0.239. The second kappa shape index (κ2) is 15.0. The van der Waals surface area contributed by atoms with E-state index in [9.17, 15) is 4.79 Å². The number of anilines is 1. The molecule has 7 heteroatoms. The number of hydrogen-bond donors (Lipinski definition) is 2. The number of tetrazole rings is 1. The molecule has 0 aliphatic carbocycles. The number of aromatic nitrogens is 4. The van der Waals surface area contributed by atoms with Gasteiger partial charge in [-0.25, -0.2) is 0 Å². The van der Waals surface area contributed by atoms with Crippen LogP contribution in [0.2, 0.25) is 0 Å². The Bertz CT molecular complexity index is 717. The van der Waals surface area contributed by atoms with Gasteiger partial charge in [0.15, 0.2) is 0 Å². The van der Waals surface area contributed by atoms with Gasteiger partial charge in [0, 0.05) is 12.1 Å². The monoisotopic (exact) mass is 431 g/mol. The first-order valence-corrected chi connectivity index (χ1v) is 12.0. The summed E-state index contributed by atoms with van der Waals surface area (Å²) < 4.78 is 1.53. The molecule has 0 radical (unpaired) electrons. The van der Waals surface area contributed by atoms with Crippen LogP contribution in [0.4, 0.5) is 5.69 Å². The second-order valence-electron chi connectivity index (χ2n) is 7.98. The number of carbonyl (C=O) groups is 1. The Hall–Kier alpha value is -1.89. The highest BCUT2D eigenvalue weighted by atomic mass is 32.1. The summed E-state index contributed by atoms with van der Waals surface area (Å²) in [7, 11) is 0. The fourth-order valence-corrected chi connectivity index (χ4v) is 3.76. The molecule has 0 aliphatic rings. The largest absolute Gasteiger partial charge is 0.326 e. The molecule has 1 heterocycles. The maximum Gasteiger partial charge on any atom is 0.224 e. The molecule has 0 fully saturated rings. The van der Waals surface area contributed by atoms with Crippen LogP contribution in [0.3, 0.4) is 0 Å². The number of rotatable bonds is 16. The van der Waals surface area contributed by atoms with E-state index < -0.39 is 0 Å². The molecule has 0 unspecified atom stereocenters. The molecule has 1 amide bonds. The van der Waals surface area contributed by atoms with Crippen LogP contribution in [0.1, 0.15) is 96.8 Å². The normalized spacial score (nSPS) is 11.0. The summed E-state index contributed by atoms with van der Waals surface area (Å²) in [6.07, 6.45) is 17.6. The lowest BCUT2D eigenvalue weighted by molar-refractivity contribution is -0.116. The van der Waals surface area contributed by atoms with E-state index in [0.717, 1.165) is 24.2 Å². The maximum absolute atomic E-state index is 12.1. The van der Waals surface area contributed by atoms with Gasteiger partial charge in [0.25, 0.3) is 0 Å². The predicted molar refractivity (Wildman–Crippen MR) is 125 cm³/mol. The molecule has 0 saturated heterocycles. The van der Waals surface area contributed by atoms with Crippen molar-refractivity contribution in [2.45, 2.75) is 102 Å². The summed E-state index contributed by atoms with van der Waals surface area (Å²) in [6.45, 7) is 2.27. The molecule has 0 spiro atoms. The van der Waals surface area contributed by atoms with Gasteiger partial charge in [-0.15, -0.1) is 17.7 Å². The second-order valence-corrected chi connectivity index (χ2v) is 8.38. The lowest BCUT2D eigenvalue weighted by Crippen LogP contribution is -2.11. The summed E-state index contributed by atoms with van der Waals surface area (Å²) in [4.78, 5) is 12.1. The summed E-state index contributed by atoms with van der Waals surface area (Å²) in [5, 5.41) is 14.6. The summed E-state index contributed by atoms with van der Waals surface area (Å²) >= 11 is 4.20. The first-order valence-electron chi connectivity index (χ1n) is 11.6. The van der Waals surface area contributed by atoms with Crippen LogP contribution in [0.25, 0.3) is 5.69 Å². The zero-order chi connectivity index (χ0) is 21.4. The average molecular weight is 432 g/mol. The van der Waals surface area contributed by atoms with E-state index in [0.29, 0.717) is 11.6 Å². The third-order valence-corrected chi connectivity index (χ3v) is 5.63. The third-order valence-electron chi connectivity index (χ3n) is 5.36. The molecular weight excluding hydrogens is 394 g/mol. The van der Waals surface area contributed by atoms with Crippen LogP contribution >= 0.6 is 12.6 Å². The van der Waals surface area contributed by atoms with Crippen molar-refractivity contribution in [2.24, 2.45) is 0 Å². The third kappa shape index (κ3) is 9.74. The molecule has 6 nitrogen and oxygen atoms in total. The lowest BCUT2D eigenvalue weighted by atomic mass is 10.0. The number of benzene rings is 1. The van der Waals surface area contributed by atoms with Crippen LogP contribution in [-0.2, 0) is 4.79 Å². The molecule has 2 rings (SSSR count). The van der Waals surface area contributed by atoms with E-state index >= 15 is 0 Å². The number of nitrogens with zero attached hydrogens (tertiary/aromatic N) is 4. The van der Waals surface area contributed by atoms with Crippen LogP contribution in [0, 0.1) is 0 Å². The fourth-order valence-electron chi connectivity index (χ4n) is 3.56. The van der Waals surface area contributed by atoms with Gasteiger partial charge in [-0.2, -0.15) is 4.68 Å². The Kier molecular flexibility index (Phi) is 12.2. The SMILES string of the molecule is CCCCCCCCCCCCCCCC(=O)Nc1ccc(-n2nnnc2S)cc1. The Morgan fingerprint density at radius 3 is 1.90 bits per heavy atom. The fraction of sp³-hybridized carbons (Fsp3) is 0.652. The van der Waals surface area contributed by atoms with E-state index in [4.69, 9.17) is 0 Å². The molecule has 0 bridgehead atoms. The van der Waals surface area contributed by atoms with Gasteiger partial charge in [-0.3, -0.25) is 4.79 Å². The van der Waals surface area contributed by atoms with Crippen molar-refractivity contribution in [1.82, 2.24) is 20.2 Å². The van der Waals surface area contributed by atoms with Crippen molar-refractivity contribution in [3.63, 3.8) is 0 Å². The van der Waals surface area contributed by atoms with Gasteiger partial charge in [0.05, 0.1) is 5.69 Å². The minimum absolute atomic E-state index is 0.0723. The Labute approximate surface area is 186 Å². The Morgan fingerprint density at radius 2 is 1.40 bits per heavy atom. The van der Waals surface area contributed by atoms with Gasteiger partial charge in [-0.1, -0.05) is 84.0 Å². The van der Waals surface area contributed by atoms with E-state index in [-0.39, 0.29) is 5.91 Å². The molecule has 1 N–H and O–H groups in total. The van der Waals surface area contributed by atoms with Gasteiger partial charge in [0.1, 0.15) is 0 Å². The number of thiol groups is 1. The number of hydrogen-bond acceptors (Lipinski definition) is 5. The van der Waals surface area contributed by atoms with E-state index in [2.05, 4.69) is 40.4 Å². The molecule has 0 aliphatic heterocycles. The standard InChI is InChI=1S/C23H37N5OS/c1-2-3-4-5-6-7-8-9-10-11-12-13-14-15-22(29)24-20-16-18-21(19-17-20)28-23(30)25-26-27-28/h16-19H,2-15H2,1H3,(H,24,29)(H,25,27,30). The van der Waals surface area contributed by atoms with Gasteiger partial charge in [-0.05, 0) is 41.1 Å². The molecule has 1 aromatic carbocycles. The van der Waals surface area contributed by atoms with Crippen LogP contribution in [0.5, 0.6) is 0 Å². The van der Waals surface area contributed by atoms with Crippen molar-refractivity contribution in [3.8, 4) is 5.69 Å². The summed E-state index contributed by atoms with van der Waals surface area (Å²) in [5.41, 5.74) is 1.59. The average Bonchev–Trinajstić information content (AvgIpc) is 3.18. The Morgan fingerprint density at radius 1 is 0.867 bits per heavy atom. The van der Waals surface area contributed by atoms with Gasteiger partial charge >= 0.3 is 0 Å². The summed E-state index contributed by atoms with van der Waals surface area (Å²) in [6, 6.07) is 7.42. The molecule has 30 heavy (non-hydrogen) atoms. The smallest absolute Gasteiger partial charge is 0.224 e. The van der Waals surface area contributed by atoms with Crippen molar-refractivity contribution in [1.29, 1.82) is 0 Å². The first kappa shape index (κ1) is 24.4. The van der Waals surface area contributed by atoms with E-state index in [1.807, 2.05) is 24.3 Å². The van der Waals surface area contributed by atoms with Gasteiger partial charge in [0.2, 0.25) is 11.1 Å². The van der Waals surface area contributed by atoms with Gasteiger partial charge < -0.3 is 5.32 Å². The highest BCUT2D eigenvalue weighted by Crippen LogP contribution is 2.16. The van der Waals surface area contributed by atoms with E-state index in [1.54, 1.807) is 0 Å². The predicted octanol–water partition coefficient (Wildman–Crippen LogP) is 6.37. The first-order chi connectivity index (χ1) is 14.7. The molecule has 0 saturated carbocycles. The lowest BCUT2D eigenvalue weighted by Gasteiger charge is -2.07. The molecule has 2 aromatic rings. The maximum atomic E-state index is 12.1. The zero-order valence-corrected chi connectivity index (χ0v) is 19.2. The minimum atomic E-state index is 0.0723. The summed E-state index contributed by atoms with van der Waals surface area (Å²) in [5.74, 6) is 0.0723. The number of unbranched alkanes of at least 4 members (excludes halogenated alkanes) is 12. The zero-order valence-electron chi connectivity index (χ0n) is 18.4. The van der Waals surface area contributed by atoms with Crippen molar-refractivity contribution >= 4 is 24.2 Å². The molecular formula is C23H37N5OS. The minimum Gasteiger partial charge on any atom is -0.326 e. The van der Waals surface area contributed by atoms with Crippen molar-refractivity contribution in [2.75, 3.05) is 5.32 Å². The van der Waals surface area contributed by atoms with Crippen LogP contribution < -0.4 is 5.32 Å². The highest BCUT2D eigenvalue weighted by molar-refractivity contribution is 7.80. The molecule has 166 valence electrons. The molecule has 0 atom stereocenters. The van der Waals surface area contributed by atoms with Crippen LogP contribution in [-0.4, -0.2) is 26.1 Å². The number of carbonyl (C=O) groups excluding carboxylic acids is 1. The number of amides is 1. The number of nitrogens with one attached hydrogen (secondary N) is 1. The topological polar surface area (TPSA) is 72.7 Å². The highest BCUT2D eigenvalue weighted by Gasteiger charge is 2.06. The van der Waals surface area contributed by atoms with Crippen LogP contribution in [0.15, 0.2) is 29.4 Å². The van der Waals surface area contributed by atoms with Crippen molar-refractivity contribution in [3.05, 3.63) is 24.3 Å².